The molecule has 0 bridgehead atoms. The largest absolute Gasteiger partial charge is 0.417 e. The van der Waals surface area contributed by atoms with Gasteiger partial charge in [0.05, 0.1) is 27.5 Å². The Kier molecular flexibility index (Phi) is 5.11. The quantitative estimate of drug-likeness (QED) is 0.761. The third kappa shape index (κ3) is 3.62. The number of hydrogen-bond acceptors (Lipinski definition) is 5. The summed E-state index contributed by atoms with van der Waals surface area (Å²) < 4.78 is 77.1. The van der Waals surface area contributed by atoms with E-state index < -0.39 is 31.7 Å². The molecule has 1 aliphatic rings. The Morgan fingerprint density at radius 1 is 1.22 bits per heavy atom. The van der Waals surface area contributed by atoms with Crippen LogP contribution in [0.5, 0.6) is 0 Å². The molecule has 1 saturated carbocycles. The van der Waals surface area contributed by atoms with Crippen LogP contribution in [0.1, 0.15) is 36.3 Å². The van der Waals surface area contributed by atoms with Crippen LogP contribution >= 0.6 is 0 Å². The second-order valence-electron chi connectivity index (χ2n) is 6.75. The molecular formula is C18H20F3NO4S. The van der Waals surface area contributed by atoms with Crippen molar-refractivity contribution in [2.45, 2.75) is 55.5 Å². The number of ether oxygens (including phenoxy) is 1. The molecule has 0 spiro atoms. The van der Waals surface area contributed by atoms with Gasteiger partial charge in [-0.25, -0.2) is 8.42 Å². The molecule has 0 saturated heterocycles. The van der Waals surface area contributed by atoms with Crippen LogP contribution in [-0.2, 0) is 20.8 Å². The van der Waals surface area contributed by atoms with E-state index in [2.05, 4.69) is 5.16 Å². The van der Waals surface area contributed by atoms with Gasteiger partial charge in [0.2, 0.25) is 0 Å². The number of halogens is 3. The molecule has 1 fully saturated rings. The number of nitrogens with zero attached hydrogens (tertiary/aromatic N) is 1. The molecule has 1 aromatic carbocycles. The number of sulfone groups is 1. The smallest absolute Gasteiger partial charge is 0.381 e. The summed E-state index contributed by atoms with van der Waals surface area (Å²) in [6.07, 6.45) is -4.07. The molecule has 3 rings (SSSR count). The highest BCUT2D eigenvalue weighted by Crippen LogP contribution is 2.41. The molecule has 2 aromatic rings. The van der Waals surface area contributed by atoms with Gasteiger partial charge in [0.1, 0.15) is 5.76 Å². The van der Waals surface area contributed by atoms with Crippen molar-refractivity contribution < 1.29 is 30.8 Å². The molecule has 9 heteroatoms. The van der Waals surface area contributed by atoms with Crippen molar-refractivity contribution in [1.82, 2.24) is 5.16 Å². The van der Waals surface area contributed by atoms with Crippen molar-refractivity contribution in [2.75, 3.05) is 7.11 Å². The number of aromatic nitrogens is 1. The fourth-order valence-electron chi connectivity index (χ4n) is 3.63. The number of alkyl halides is 3. The number of rotatable bonds is 4. The minimum atomic E-state index is -4.81. The summed E-state index contributed by atoms with van der Waals surface area (Å²) >= 11 is 0. The van der Waals surface area contributed by atoms with E-state index in [4.69, 9.17) is 9.26 Å². The van der Waals surface area contributed by atoms with Crippen LogP contribution in [0.25, 0.3) is 11.1 Å². The summed E-state index contributed by atoms with van der Waals surface area (Å²) in [5, 5.41) is 2.87. The zero-order chi connectivity index (χ0) is 20.0. The summed E-state index contributed by atoms with van der Waals surface area (Å²) in [6, 6.07) is 3.28. The topological polar surface area (TPSA) is 69.4 Å². The van der Waals surface area contributed by atoms with Crippen molar-refractivity contribution in [3.63, 3.8) is 0 Å². The second-order valence-corrected chi connectivity index (χ2v) is 8.94. The molecule has 1 aliphatic carbocycles. The van der Waals surface area contributed by atoms with Crippen molar-refractivity contribution >= 4 is 9.84 Å². The minimum Gasteiger partial charge on any atom is -0.381 e. The van der Waals surface area contributed by atoms with Crippen LogP contribution in [0, 0.1) is 13.8 Å². The lowest BCUT2D eigenvalue weighted by atomic mass is 10.0. The Morgan fingerprint density at radius 2 is 1.93 bits per heavy atom. The summed E-state index contributed by atoms with van der Waals surface area (Å²) in [7, 11) is -2.67. The third-order valence-corrected chi connectivity index (χ3v) is 7.30. The lowest BCUT2D eigenvalue weighted by Gasteiger charge is -2.18. The molecule has 148 valence electrons. The molecule has 0 amide bonds. The lowest BCUT2D eigenvalue weighted by Crippen LogP contribution is -2.23. The average molecular weight is 403 g/mol. The SMILES string of the molecule is CO[C@H]1CC[C@H](S(=O)(=O)c2ccc(-c3c(C)noc3C)cc2C(F)(F)F)C1. The summed E-state index contributed by atoms with van der Waals surface area (Å²) in [4.78, 5) is -0.688. The highest BCUT2D eigenvalue weighted by Gasteiger charge is 2.42. The fourth-order valence-corrected chi connectivity index (χ4v) is 5.64. The number of aryl methyl sites for hydroxylation is 2. The van der Waals surface area contributed by atoms with E-state index >= 15 is 0 Å². The Morgan fingerprint density at radius 3 is 2.44 bits per heavy atom. The van der Waals surface area contributed by atoms with Crippen LogP contribution in [0.2, 0.25) is 0 Å². The fraction of sp³-hybridized carbons (Fsp3) is 0.500. The van der Waals surface area contributed by atoms with E-state index in [1.807, 2.05) is 0 Å². The second kappa shape index (κ2) is 6.94. The van der Waals surface area contributed by atoms with E-state index in [1.54, 1.807) is 13.8 Å². The minimum absolute atomic E-state index is 0.196. The van der Waals surface area contributed by atoms with E-state index in [9.17, 15) is 21.6 Å². The first kappa shape index (κ1) is 19.9. The molecule has 1 heterocycles. The molecular weight excluding hydrogens is 383 g/mol. The molecule has 0 unspecified atom stereocenters. The first-order valence-corrected chi connectivity index (χ1v) is 10.0. The predicted octanol–water partition coefficient (Wildman–Crippen LogP) is 4.32. The number of benzene rings is 1. The van der Waals surface area contributed by atoms with Gasteiger partial charge in [0, 0.05) is 12.7 Å². The highest BCUT2D eigenvalue weighted by atomic mass is 32.2. The van der Waals surface area contributed by atoms with E-state index in [-0.39, 0.29) is 24.5 Å². The van der Waals surface area contributed by atoms with E-state index in [1.165, 1.54) is 13.2 Å². The molecule has 1 aromatic heterocycles. The highest BCUT2D eigenvalue weighted by molar-refractivity contribution is 7.92. The van der Waals surface area contributed by atoms with Crippen LogP contribution in [0.3, 0.4) is 0 Å². The van der Waals surface area contributed by atoms with Gasteiger partial charge in [-0.2, -0.15) is 13.2 Å². The van der Waals surface area contributed by atoms with E-state index in [0.717, 1.165) is 12.1 Å². The van der Waals surface area contributed by atoms with Gasteiger partial charge >= 0.3 is 6.18 Å². The van der Waals surface area contributed by atoms with Gasteiger partial charge in [-0.1, -0.05) is 11.2 Å². The Bertz CT molecular complexity index is 931. The standard InChI is InChI=1S/C18H20F3NO4S/c1-10-17(11(2)26-22-10)12-4-7-16(15(8-12)18(19,20)21)27(23,24)14-6-5-13(9-14)25-3/h4,7-8,13-14H,5-6,9H2,1-3H3/t13-,14-/m0/s1. The van der Waals surface area contributed by atoms with Gasteiger partial charge in [-0.05, 0) is 50.8 Å². The maximum absolute atomic E-state index is 13.7. The monoisotopic (exact) mass is 403 g/mol. The van der Waals surface area contributed by atoms with E-state index in [0.29, 0.717) is 23.4 Å². The van der Waals surface area contributed by atoms with Crippen molar-refractivity contribution in [3.05, 3.63) is 35.2 Å². The van der Waals surface area contributed by atoms with Gasteiger partial charge in [-0.15, -0.1) is 0 Å². The molecule has 0 N–H and O–H groups in total. The van der Waals surface area contributed by atoms with Crippen molar-refractivity contribution in [2.24, 2.45) is 0 Å². The Labute approximate surface area is 155 Å². The summed E-state index contributed by atoms with van der Waals surface area (Å²) in [5.41, 5.74) is -0.0701. The zero-order valence-corrected chi connectivity index (χ0v) is 15.9. The van der Waals surface area contributed by atoms with Crippen LogP contribution < -0.4 is 0 Å². The molecule has 5 nitrogen and oxygen atoms in total. The van der Waals surface area contributed by atoms with Gasteiger partial charge in [0.25, 0.3) is 0 Å². The van der Waals surface area contributed by atoms with Gasteiger partial charge in [-0.3, -0.25) is 0 Å². The first-order valence-electron chi connectivity index (χ1n) is 8.47. The van der Waals surface area contributed by atoms with Crippen LogP contribution in [0.4, 0.5) is 13.2 Å². The number of methoxy groups -OCH3 is 1. The summed E-state index contributed by atoms with van der Waals surface area (Å²) in [5.74, 6) is 0.370. The number of hydrogen-bond donors (Lipinski definition) is 0. The predicted molar refractivity (Wildman–Crippen MR) is 92.0 cm³/mol. The Balaban J connectivity index is 2.11. The summed E-state index contributed by atoms with van der Waals surface area (Å²) in [6.45, 7) is 3.21. The van der Waals surface area contributed by atoms with Gasteiger partial charge < -0.3 is 9.26 Å². The maximum Gasteiger partial charge on any atom is 0.417 e. The zero-order valence-electron chi connectivity index (χ0n) is 15.1. The Hall–Kier alpha value is -1.87. The normalized spacial score (nSPS) is 21.0. The molecule has 2 atom stereocenters. The van der Waals surface area contributed by atoms with Crippen LogP contribution in [-0.4, -0.2) is 32.0 Å². The van der Waals surface area contributed by atoms with Crippen molar-refractivity contribution in [3.8, 4) is 11.1 Å². The average Bonchev–Trinajstić information content (AvgIpc) is 3.21. The molecule has 27 heavy (non-hydrogen) atoms. The molecule has 0 aliphatic heterocycles. The first-order chi connectivity index (χ1) is 12.6. The third-order valence-electron chi connectivity index (χ3n) is 5.02. The van der Waals surface area contributed by atoms with Crippen LogP contribution in [0.15, 0.2) is 27.6 Å². The maximum atomic E-state index is 13.7. The molecule has 0 radical (unpaired) electrons. The van der Waals surface area contributed by atoms with Gasteiger partial charge in [0.15, 0.2) is 9.84 Å². The van der Waals surface area contributed by atoms with Crippen molar-refractivity contribution in [1.29, 1.82) is 0 Å². The lowest BCUT2D eigenvalue weighted by molar-refractivity contribution is -0.139.